The van der Waals surface area contributed by atoms with Crippen molar-refractivity contribution in [3.05, 3.63) is 25.8 Å². The lowest BCUT2D eigenvalue weighted by atomic mass is 10.1. The van der Waals surface area contributed by atoms with E-state index in [9.17, 15) is 9.90 Å². The van der Waals surface area contributed by atoms with Crippen molar-refractivity contribution in [2.45, 2.75) is 6.54 Å². The summed E-state index contributed by atoms with van der Waals surface area (Å²) in [5, 5.41) is 12.2. The minimum Gasteiger partial charge on any atom is -0.506 e. The maximum atomic E-state index is 11.3. The molecule has 5 heteroatoms. The van der Waals surface area contributed by atoms with Crippen LogP contribution in [0.4, 0.5) is 0 Å². The van der Waals surface area contributed by atoms with Crippen LogP contribution in [0.5, 0.6) is 5.75 Å². The van der Waals surface area contributed by atoms with Crippen molar-refractivity contribution in [2.75, 3.05) is 0 Å². The highest BCUT2D eigenvalue weighted by atomic mass is 127. The molecule has 0 aromatic heterocycles. The van der Waals surface area contributed by atoms with E-state index in [4.69, 9.17) is 11.6 Å². The zero-order chi connectivity index (χ0) is 9.59. The third kappa shape index (κ3) is 1.28. The molecule has 0 atom stereocenters. The van der Waals surface area contributed by atoms with Crippen LogP contribution in [0, 0.1) is 3.57 Å². The number of aromatic hydroxyl groups is 1. The van der Waals surface area contributed by atoms with Gasteiger partial charge in [0.25, 0.3) is 5.91 Å². The van der Waals surface area contributed by atoms with Crippen LogP contribution in [0.25, 0.3) is 0 Å². The highest BCUT2D eigenvalue weighted by Crippen LogP contribution is 2.35. The monoisotopic (exact) mass is 309 g/mol. The van der Waals surface area contributed by atoms with Gasteiger partial charge in [-0.25, -0.2) is 0 Å². The highest BCUT2D eigenvalue weighted by Gasteiger charge is 2.26. The maximum absolute atomic E-state index is 11.3. The molecule has 0 radical (unpaired) electrons. The molecular weight excluding hydrogens is 304 g/mol. The Morgan fingerprint density at radius 3 is 3.00 bits per heavy atom. The van der Waals surface area contributed by atoms with Crippen molar-refractivity contribution in [3.8, 4) is 5.75 Å². The summed E-state index contributed by atoms with van der Waals surface area (Å²) < 4.78 is 0.854. The minimum atomic E-state index is -0.214. The van der Waals surface area contributed by atoms with Crippen LogP contribution < -0.4 is 5.32 Å². The van der Waals surface area contributed by atoms with Gasteiger partial charge >= 0.3 is 0 Å². The summed E-state index contributed by atoms with van der Waals surface area (Å²) in [6, 6.07) is 1.56. The standard InChI is InChI=1S/C8H5ClINO2/c9-7-5(12)1-4(10)3-2-11-8(13)6(3)7/h1,12H,2H2,(H,11,13). The average Bonchev–Trinajstić information content (AvgIpc) is 2.44. The van der Waals surface area contributed by atoms with E-state index in [-0.39, 0.29) is 16.7 Å². The summed E-state index contributed by atoms with van der Waals surface area (Å²) in [6.07, 6.45) is 0. The van der Waals surface area contributed by atoms with Gasteiger partial charge in [-0.1, -0.05) is 11.6 Å². The average molecular weight is 309 g/mol. The predicted molar refractivity (Wildman–Crippen MR) is 57.0 cm³/mol. The Balaban J connectivity index is 2.77. The van der Waals surface area contributed by atoms with Gasteiger partial charge in [0.1, 0.15) is 5.75 Å². The van der Waals surface area contributed by atoms with Crippen LogP contribution in [-0.2, 0) is 6.54 Å². The molecule has 0 aliphatic carbocycles. The fraction of sp³-hybridized carbons (Fsp3) is 0.125. The third-order valence-electron chi connectivity index (χ3n) is 1.95. The van der Waals surface area contributed by atoms with Gasteiger partial charge < -0.3 is 10.4 Å². The van der Waals surface area contributed by atoms with E-state index in [2.05, 4.69) is 27.9 Å². The highest BCUT2D eigenvalue weighted by molar-refractivity contribution is 14.1. The third-order valence-corrected chi connectivity index (χ3v) is 3.30. The molecule has 0 bridgehead atoms. The first-order valence-electron chi connectivity index (χ1n) is 3.59. The molecule has 0 unspecified atom stereocenters. The molecule has 68 valence electrons. The zero-order valence-electron chi connectivity index (χ0n) is 6.40. The number of phenols is 1. The molecule has 1 aromatic rings. The summed E-state index contributed by atoms with van der Waals surface area (Å²) in [5.74, 6) is -0.254. The molecule has 13 heavy (non-hydrogen) atoms. The first kappa shape index (κ1) is 9.08. The Bertz CT molecular complexity index is 406. The summed E-state index contributed by atoms with van der Waals surface area (Å²) >= 11 is 7.86. The Hall–Kier alpha value is -0.490. The number of hydrogen-bond donors (Lipinski definition) is 2. The first-order valence-corrected chi connectivity index (χ1v) is 5.05. The number of hydrogen-bond acceptors (Lipinski definition) is 2. The number of halogens is 2. The Morgan fingerprint density at radius 2 is 2.31 bits per heavy atom. The lowest BCUT2D eigenvalue weighted by molar-refractivity contribution is 0.0965. The molecule has 2 rings (SSSR count). The molecule has 1 amide bonds. The van der Waals surface area contributed by atoms with Crippen LogP contribution in [0.2, 0.25) is 5.02 Å². The molecule has 0 fully saturated rings. The van der Waals surface area contributed by atoms with E-state index >= 15 is 0 Å². The normalized spacial score (nSPS) is 14.2. The van der Waals surface area contributed by atoms with Gasteiger partial charge in [0.05, 0.1) is 10.6 Å². The van der Waals surface area contributed by atoms with Crippen LogP contribution in [0.1, 0.15) is 15.9 Å². The lowest BCUT2D eigenvalue weighted by Crippen LogP contribution is -2.12. The second kappa shape index (κ2) is 3.02. The number of carbonyl (C=O) groups excluding carboxylic acids is 1. The molecule has 1 aromatic carbocycles. The van der Waals surface area contributed by atoms with E-state index < -0.39 is 0 Å². The predicted octanol–water partition coefficient (Wildman–Crippen LogP) is 1.89. The topological polar surface area (TPSA) is 49.3 Å². The lowest BCUT2D eigenvalue weighted by Gasteiger charge is -2.03. The van der Waals surface area contributed by atoms with E-state index in [1.165, 1.54) is 0 Å². The van der Waals surface area contributed by atoms with Crippen LogP contribution >= 0.6 is 34.2 Å². The molecule has 3 nitrogen and oxygen atoms in total. The van der Waals surface area contributed by atoms with E-state index in [0.29, 0.717) is 12.1 Å². The molecule has 1 heterocycles. The number of nitrogens with one attached hydrogen (secondary N) is 1. The van der Waals surface area contributed by atoms with Gasteiger partial charge in [-0.05, 0) is 34.2 Å². The summed E-state index contributed by atoms with van der Waals surface area (Å²) in [7, 11) is 0. The summed E-state index contributed by atoms with van der Waals surface area (Å²) in [6.45, 7) is 0.492. The Kier molecular flexibility index (Phi) is 2.11. The molecule has 0 saturated carbocycles. The number of benzene rings is 1. The maximum Gasteiger partial charge on any atom is 0.253 e. The van der Waals surface area contributed by atoms with Gasteiger partial charge in [0, 0.05) is 10.1 Å². The van der Waals surface area contributed by atoms with Gasteiger partial charge in [-0.15, -0.1) is 0 Å². The Labute approximate surface area is 93.2 Å². The number of rotatable bonds is 0. The number of fused-ring (bicyclic) bond motifs is 1. The van der Waals surface area contributed by atoms with Crippen molar-refractivity contribution in [1.29, 1.82) is 0 Å². The van der Waals surface area contributed by atoms with Crippen LogP contribution in [-0.4, -0.2) is 11.0 Å². The largest absolute Gasteiger partial charge is 0.506 e. The van der Waals surface area contributed by atoms with Gasteiger partial charge in [0.2, 0.25) is 0 Å². The number of carbonyl (C=O) groups is 1. The van der Waals surface area contributed by atoms with Crippen molar-refractivity contribution in [3.63, 3.8) is 0 Å². The molecule has 1 aliphatic rings. The van der Waals surface area contributed by atoms with E-state index in [0.717, 1.165) is 9.13 Å². The first-order chi connectivity index (χ1) is 6.11. The second-order valence-corrected chi connectivity index (χ2v) is 4.27. The van der Waals surface area contributed by atoms with E-state index in [1.54, 1.807) is 6.07 Å². The molecule has 1 aliphatic heterocycles. The van der Waals surface area contributed by atoms with Crippen molar-refractivity contribution in [1.82, 2.24) is 5.32 Å². The fourth-order valence-electron chi connectivity index (χ4n) is 1.32. The van der Waals surface area contributed by atoms with Gasteiger partial charge in [-0.2, -0.15) is 0 Å². The number of phenolic OH excluding ortho intramolecular Hbond substituents is 1. The Morgan fingerprint density at radius 1 is 1.62 bits per heavy atom. The fourth-order valence-corrected chi connectivity index (χ4v) is 2.33. The molecule has 0 saturated heterocycles. The van der Waals surface area contributed by atoms with E-state index in [1.807, 2.05) is 0 Å². The molecule has 2 N–H and O–H groups in total. The van der Waals surface area contributed by atoms with Crippen molar-refractivity contribution in [2.24, 2.45) is 0 Å². The van der Waals surface area contributed by atoms with Gasteiger partial charge in [0.15, 0.2) is 0 Å². The minimum absolute atomic E-state index is 0.0399. The van der Waals surface area contributed by atoms with Crippen LogP contribution in [0.3, 0.4) is 0 Å². The smallest absolute Gasteiger partial charge is 0.253 e. The number of amides is 1. The second-order valence-electron chi connectivity index (χ2n) is 2.73. The summed E-state index contributed by atoms with van der Waals surface area (Å²) in [4.78, 5) is 11.3. The van der Waals surface area contributed by atoms with Crippen LogP contribution in [0.15, 0.2) is 6.07 Å². The molecular formula is C8H5ClINO2. The zero-order valence-corrected chi connectivity index (χ0v) is 9.31. The SMILES string of the molecule is O=C1NCc2c(I)cc(O)c(Cl)c21. The van der Waals surface area contributed by atoms with Crippen molar-refractivity contribution >= 4 is 40.1 Å². The van der Waals surface area contributed by atoms with Gasteiger partial charge in [-0.3, -0.25) is 4.79 Å². The quantitative estimate of drug-likeness (QED) is 0.719. The summed E-state index contributed by atoms with van der Waals surface area (Å²) in [5.41, 5.74) is 1.28. The van der Waals surface area contributed by atoms with Crippen molar-refractivity contribution < 1.29 is 9.90 Å². The molecule has 0 spiro atoms.